The lowest BCUT2D eigenvalue weighted by Crippen LogP contribution is -1.98. The number of rotatable bonds is 2. The van der Waals surface area contributed by atoms with Gasteiger partial charge in [0.25, 0.3) is 5.89 Å². The largest absolute Gasteiger partial charge is 0.414 e. The van der Waals surface area contributed by atoms with E-state index in [1.165, 1.54) is 0 Å². The van der Waals surface area contributed by atoms with Gasteiger partial charge in [-0.15, -0.1) is 10.2 Å². The number of aromatic nitrogens is 4. The van der Waals surface area contributed by atoms with Crippen molar-refractivity contribution in [1.29, 1.82) is 0 Å². The second-order valence-electron chi connectivity index (χ2n) is 5.23. The second kappa shape index (κ2) is 5.17. The molecule has 0 fully saturated rings. The molecule has 0 amide bonds. The summed E-state index contributed by atoms with van der Waals surface area (Å²) < 4.78 is 5.74. The summed E-state index contributed by atoms with van der Waals surface area (Å²) in [5.74, 6) is 0.957. The molecule has 4 rings (SSSR count). The standard InChI is InChI=1S/C17H13N5O/c1-10-5-4-6-11(9-10)16-21-22-17(23-16)14-15(18)20-13-8-3-2-7-12(13)19-14/h2-9H,1H3,(H2,18,20). The molecule has 6 heteroatoms. The number of benzene rings is 2. The minimum Gasteiger partial charge on any atom is -0.414 e. The van der Waals surface area contributed by atoms with E-state index in [0.29, 0.717) is 11.6 Å². The molecule has 0 radical (unpaired) electrons. The Labute approximate surface area is 132 Å². The third kappa shape index (κ3) is 2.40. The quantitative estimate of drug-likeness (QED) is 0.611. The van der Waals surface area contributed by atoms with Crippen LogP contribution in [0.2, 0.25) is 0 Å². The lowest BCUT2D eigenvalue weighted by molar-refractivity contribution is 0.582. The highest BCUT2D eigenvalue weighted by molar-refractivity contribution is 5.80. The Kier molecular flexibility index (Phi) is 3.01. The van der Waals surface area contributed by atoms with Crippen molar-refractivity contribution >= 4 is 16.9 Å². The molecule has 2 aromatic carbocycles. The van der Waals surface area contributed by atoms with Crippen molar-refractivity contribution in [1.82, 2.24) is 20.2 Å². The van der Waals surface area contributed by atoms with Gasteiger partial charge in [-0.2, -0.15) is 0 Å². The van der Waals surface area contributed by atoms with Crippen LogP contribution in [0, 0.1) is 6.92 Å². The van der Waals surface area contributed by atoms with Crippen LogP contribution in [0.3, 0.4) is 0 Å². The highest BCUT2D eigenvalue weighted by atomic mass is 16.4. The summed E-state index contributed by atoms with van der Waals surface area (Å²) in [6, 6.07) is 15.3. The van der Waals surface area contributed by atoms with Crippen LogP contribution in [0.15, 0.2) is 52.9 Å². The number of hydrogen-bond acceptors (Lipinski definition) is 6. The Morgan fingerprint density at radius 1 is 0.870 bits per heavy atom. The van der Waals surface area contributed by atoms with Crippen molar-refractivity contribution in [2.24, 2.45) is 0 Å². The SMILES string of the molecule is Cc1cccc(-c2nnc(-c3nc4ccccc4nc3N)o2)c1. The number of para-hydroxylation sites is 2. The van der Waals surface area contributed by atoms with Crippen molar-refractivity contribution in [3.05, 3.63) is 54.1 Å². The first-order valence-electron chi connectivity index (χ1n) is 7.14. The van der Waals surface area contributed by atoms with Crippen LogP contribution in [-0.4, -0.2) is 20.2 Å². The van der Waals surface area contributed by atoms with Crippen LogP contribution in [-0.2, 0) is 0 Å². The van der Waals surface area contributed by atoms with E-state index in [9.17, 15) is 0 Å². The van der Waals surface area contributed by atoms with Crippen LogP contribution in [0.1, 0.15) is 5.56 Å². The Morgan fingerprint density at radius 3 is 2.39 bits per heavy atom. The summed E-state index contributed by atoms with van der Waals surface area (Å²) >= 11 is 0. The Bertz CT molecular complexity index is 1010. The van der Waals surface area contributed by atoms with E-state index in [1.807, 2.05) is 55.5 Å². The van der Waals surface area contributed by atoms with E-state index in [2.05, 4.69) is 20.2 Å². The number of fused-ring (bicyclic) bond motifs is 1. The zero-order chi connectivity index (χ0) is 15.8. The van der Waals surface area contributed by atoms with Crippen LogP contribution in [0.4, 0.5) is 5.82 Å². The van der Waals surface area contributed by atoms with E-state index in [4.69, 9.17) is 10.2 Å². The van der Waals surface area contributed by atoms with Crippen molar-refractivity contribution < 1.29 is 4.42 Å². The van der Waals surface area contributed by atoms with Crippen LogP contribution in [0.25, 0.3) is 34.1 Å². The van der Waals surface area contributed by atoms with Gasteiger partial charge in [-0.1, -0.05) is 29.8 Å². The minimum atomic E-state index is 0.261. The minimum absolute atomic E-state index is 0.261. The molecule has 23 heavy (non-hydrogen) atoms. The molecule has 4 aromatic rings. The molecule has 2 aromatic heterocycles. The highest BCUT2D eigenvalue weighted by Gasteiger charge is 2.16. The van der Waals surface area contributed by atoms with Crippen LogP contribution >= 0.6 is 0 Å². The molecule has 112 valence electrons. The van der Waals surface area contributed by atoms with Crippen molar-refractivity contribution in [3.63, 3.8) is 0 Å². The zero-order valence-corrected chi connectivity index (χ0v) is 12.4. The van der Waals surface area contributed by atoms with E-state index in [1.54, 1.807) is 0 Å². The molecular weight excluding hydrogens is 290 g/mol. The first-order chi connectivity index (χ1) is 11.2. The summed E-state index contributed by atoms with van der Waals surface area (Å²) in [6.45, 7) is 2.01. The number of nitrogens with zero attached hydrogens (tertiary/aromatic N) is 4. The molecule has 0 aliphatic heterocycles. The fraction of sp³-hybridized carbons (Fsp3) is 0.0588. The summed E-state index contributed by atoms with van der Waals surface area (Å²) in [7, 11) is 0. The number of anilines is 1. The Hall–Kier alpha value is -3.28. The maximum atomic E-state index is 5.99. The average molecular weight is 303 g/mol. The third-order valence-electron chi connectivity index (χ3n) is 3.49. The summed E-state index contributed by atoms with van der Waals surface area (Å²) in [6.07, 6.45) is 0. The normalized spacial score (nSPS) is 11.0. The van der Waals surface area contributed by atoms with Gasteiger partial charge in [0.1, 0.15) is 0 Å². The third-order valence-corrected chi connectivity index (χ3v) is 3.49. The average Bonchev–Trinajstić information content (AvgIpc) is 3.04. The summed E-state index contributed by atoms with van der Waals surface area (Å²) in [4.78, 5) is 8.82. The maximum Gasteiger partial charge on any atom is 0.270 e. The lowest BCUT2D eigenvalue weighted by atomic mass is 10.1. The van der Waals surface area contributed by atoms with Gasteiger partial charge >= 0.3 is 0 Å². The predicted molar refractivity (Wildman–Crippen MR) is 87.4 cm³/mol. The van der Waals surface area contributed by atoms with Gasteiger partial charge in [-0.3, -0.25) is 0 Å². The molecule has 0 bridgehead atoms. The molecule has 0 aliphatic rings. The fourth-order valence-corrected chi connectivity index (χ4v) is 2.38. The van der Waals surface area contributed by atoms with Gasteiger partial charge < -0.3 is 10.2 Å². The first kappa shape index (κ1) is 13.4. The molecule has 0 saturated carbocycles. The molecule has 0 saturated heterocycles. The van der Waals surface area contributed by atoms with Crippen LogP contribution in [0.5, 0.6) is 0 Å². The molecule has 0 aliphatic carbocycles. The van der Waals surface area contributed by atoms with Crippen LogP contribution < -0.4 is 5.73 Å². The number of nitrogen functional groups attached to an aromatic ring is 1. The molecule has 2 N–H and O–H groups in total. The van der Waals surface area contributed by atoms with Gasteiger partial charge in [-0.05, 0) is 31.2 Å². The molecule has 2 heterocycles. The number of hydrogen-bond donors (Lipinski definition) is 1. The van der Waals surface area contributed by atoms with Crippen molar-refractivity contribution in [2.45, 2.75) is 6.92 Å². The molecule has 0 atom stereocenters. The predicted octanol–water partition coefficient (Wildman–Crippen LogP) is 3.24. The highest BCUT2D eigenvalue weighted by Crippen LogP contribution is 2.27. The van der Waals surface area contributed by atoms with Gasteiger partial charge in [0.2, 0.25) is 5.89 Å². The summed E-state index contributed by atoms with van der Waals surface area (Å²) in [5, 5.41) is 8.15. The molecule has 6 nitrogen and oxygen atoms in total. The Balaban J connectivity index is 1.81. The monoisotopic (exact) mass is 303 g/mol. The topological polar surface area (TPSA) is 90.7 Å². The van der Waals surface area contributed by atoms with Gasteiger partial charge in [0.15, 0.2) is 11.5 Å². The molecule has 0 unspecified atom stereocenters. The Morgan fingerprint density at radius 2 is 1.61 bits per heavy atom. The maximum absolute atomic E-state index is 5.99. The lowest BCUT2D eigenvalue weighted by Gasteiger charge is -2.02. The van der Waals surface area contributed by atoms with E-state index in [0.717, 1.165) is 22.2 Å². The van der Waals surface area contributed by atoms with Gasteiger partial charge in [0.05, 0.1) is 11.0 Å². The van der Waals surface area contributed by atoms with Gasteiger partial charge in [-0.25, -0.2) is 9.97 Å². The zero-order valence-electron chi connectivity index (χ0n) is 12.4. The van der Waals surface area contributed by atoms with E-state index in [-0.39, 0.29) is 11.7 Å². The van der Waals surface area contributed by atoms with Gasteiger partial charge in [0, 0.05) is 5.56 Å². The second-order valence-corrected chi connectivity index (χ2v) is 5.23. The molecule has 0 spiro atoms. The van der Waals surface area contributed by atoms with Crippen molar-refractivity contribution in [2.75, 3.05) is 5.73 Å². The molecular formula is C17H13N5O. The first-order valence-corrected chi connectivity index (χ1v) is 7.14. The van der Waals surface area contributed by atoms with Crippen molar-refractivity contribution in [3.8, 4) is 23.0 Å². The smallest absolute Gasteiger partial charge is 0.270 e. The summed E-state index contributed by atoms with van der Waals surface area (Å²) in [5.41, 5.74) is 9.82. The van der Waals surface area contributed by atoms with E-state index >= 15 is 0 Å². The van der Waals surface area contributed by atoms with E-state index < -0.39 is 0 Å². The number of nitrogens with two attached hydrogens (primary N) is 1. The number of aryl methyl sites for hydroxylation is 1. The fourth-order valence-electron chi connectivity index (χ4n) is 2.38.